The SMILES string of the molecule is [C-]#[N+]C1=C(O)C(C)(C)[C@@H]2CC[C@]3(C)C(=CC(=O)[C@@H]4[C@@H]5C[C@@](C)(C(=O)O)CC[C@]5(C)CC[C@]43C)[C@@]2(C)C1.[C-]#[N+]C1=C[C@]2(C)C3=CC(=O)[C@@H]4[C@@H]5C[C@@](C)(C(=O)O)CC[C@]5(C)CC[C@@]4(C)[C@]3(C)CC[C@H]2C(C)(C)C1=O. The zero-order valence-electron chi connectivity index (χ0n) is 46.1. The van der Waals surface area contributed by atoms with Crippen LogP contribution in [0.4, 0.5) is 0 Å². The van der Waals surface area contributed by atoms with Crippen LogP contribution in [0, 0.1) is 114 Å². The summed E-state index contributed by atoms with van der Waals surface area (Å²) in [4.78, 5) is 73.6. The molecular formula is C62H84N2O8. The molecule has 0 radical (unpaired) electrons. The monoisotopic (exact) mass is 985 g/mol. The van der Waals surface area contributed by atoms with Crippen LogP contribution in [-0.2, 0) is 24.0 Å². The number of hydrogen-bond donors (Lipinski definition) is 3. The van der Waals surface area contributed by atoms with Crippen LogP contribution in [0.1, 0.15) is 193 Å². The molecule has 0 bridgehead atoms. The molecule has 10 rings (SSSR count). The van der Waals surface area contributed by atoms with Gasteiger partial charge in [0.05, 0.1) is 24.0 Å². The summed E-state index contributed by atoms with van der Waals surface area (Å²) in [6.07, 6.45) is 18.0. The van der Waals surface area contributed by atoms with E-state index in [-0.39, 0.29) is 102 Å². The Balaban J connectivity index is 0.000000178. The first kappa shape index (κ1) is 52.5. The number of aliphatic carboxylic acids is 2. The molecule has 10 nitrogen and oxygen atoms in total. The zero-order valence-corrected chi connectivity index (χ0v) is 46.1. The third-order valence-corrected chi connectivity index (χ3v) is 25.4. The lowest BCUT2D eigenvalue weighted by Gasteiger charge is -2.69. The number of Topliss-reactive ketones (excluding diaryl/α,β-unsaturated/α-hetero) is 1. The van der Waals surface area contributed by atoms with E-state index in [0.717, 1.165) is 69.8 Å². The molecule has 0 spiro atoms. The Kier molecular flexibility index (Phi) is 11.4. The van der Waals surface area contributed by atoms with Gasteiger partial charge in [-0.1, -0.05) is 100 Å². The number of hydrogen-bond acceptors (Lipinski definition) is 6. The summed E-state index contributed by atoms with van der Waals surface area (Å²) in [6, 6.07) is 0. The minimum atomic E-state index is -0.793. The van der Waals surface area contributed by atoms with Gasteiger partial charge < -0.3 is 20.1 Å². The molecule has 6 saturated carbocycles. The van der Waals surface area contributed by atoms with Gasteiger partial charge in [-0.2, -0.15) is 0 Å². The van der Waals surface area contributed by atoms with Crippen molar-refractivity contribution in [1.29, 1.82) is 0 Å². The second-order valence-electron chi connectivity index (χ2n) is 29.4. The molecule has 0 aromatic carbocycles. The molecule has 6 fully saturated rings. The highest BCUT2D eigenvalue weighted by Crippen LogP contribution is 2.77. The lowest BCUT2D eigenvalue weighted by atomic mass is 9.34. The fourth-order valence-electron chi connectivity index (χ4n) is 20.1. The maximum Gasteiger partial charge on any atom is 0.309 e. The Morgan fingerprint density at radius 1 is 0.569 bits per heavy atom. The highest BCUT2D eigenvalue weighted by molar-refractivity contribution is 6.03. The fraction of sp³-hybridized carbons (Fsp3) is 0.758. The second-order valence-corrected chi connectivity index (χ2v) is 29.4. The molecule has 0 saturated heterocycles. The van der Waals surface area contributed by atoms with Gasteiger partial charge in [0, 0.05) is 28.1 Å². The number of ketones is 3. The summed E-state index contributed by atoms with van der Waals surface area (Å²) >= 11 is 0. The number of carbonyl (C=O) groups excluding carboxylic acids is 3. The predicted molar refractivity (Wildman–Crippen MR) is 276 cm³/mol. The van der Waals surface area contributed by atoms with Gasteiger partial charge in [0.15, 0.2) is 17.3 Å². The number of carboxylic acid groups (broad SMARTS) is 2. The lowest BCUT2D eigenvalue weighted by molar-refractivity contribution is -0.179. The minimum Gasteiger partial charge on any atom is -0.523 e. The molecule has 10 aliphatic carbocycles. The van der Waals surface area contributed by atoms with E-state index in [0.29, 0.717) is 37.8 Å². The van der Waals surface area contributed by atoms with Crippen molar-refractivity contribution in [3.63, 3.8) is 0 Å². The maximum atomic E-state index is 14.3. The van der Waals surface area contributed by atoms with Crippen molar-refractivity contribution in [1.82, 2.24) is 0 Å². The van der Waals surface area contributed by atoms with Crippen LogP contribution >= 0.6 is 0 Å². The smallest absolute Gasteiger partial charge is 0.309 e. The van der Waals surface area contributed by atoms with Crippen LogP contribution in [-0.4, -0.2) is 44.6 Å². The Bertz CT molecular complexity index is 2710. The van der Waals surface area contributed by atoms with Gasteiger partial charge in [-0.15, -0.1) is 0 Å². The number of aliphatic hydroxyl groups excluding tert-OH is 1. The van der Waals surface area contributed by atoms with Crippen molar-refractivity contribution >= 4 is 29.3 Å². The van der Waals surface area contributed by atoms with Crippen LogP contribution in [0.25, 0.3) is 9.69 Å². The normalized spacial score (nSPS) is 49.4. The fourth-order valence-corrected chi connectivity index (χ4v) is 20.1. The third-order valence-electron chi connectivity index (χ3n) is 25.4. The molecule has 0 amide bonds. The lowest BCUT2D eigenvalue weighted by Crippen LogP contribution is -2.64. The van der Waals surface area contributed by atoms with Crippen molar-refractivity contribution in [2.24, 2.45) is 100 Å². The number of carboxylic acids is 2. The van der Waals surface area contributed by atoms with E-state index >= 15 is 0 Å². The summed E-state index contributed by atoms with van der Waals surface area (Å²) in [5, 5.41) is 31.1. The van der Waals surface area contributed by atoms with Gasteiger partial charge >= 0.3 is 11.9 Å². The van der Waals surface area contributed by atoms with E-state index < -0.39 is 39.0 Å². The average molecular weight is 985 g/mol. The molecular weight excluding hydrogens is 901 g/mol. The Morgan fingerprint density at radius 3 is 1.44 bits per heavy atom. The molecule has 0 heterocycles. The van der Waals surface area contributed by atoms with Crippen LogP contribution in [0.5, 0.6) is 0 Å². The van der Waals surface area contributed by atoms with Crippen molar-refractivity contribution < 1.29 is 39.3 Å². The number of carbonyl (C=O) groups is 5. The molecule has 0 aliphatic heterocycles. The molecule has 0 aromatic rings. The zero-order chi connectivity index (χ0) is 53.4. The van der Waals surface area contributed by atoms with Gasteiger partial charge in [-0.25, -0.2) is 9.69 Å². The highest BCUT2D eigenvalue weighted by atomic mass is 16.4. The highest BCUT2D eigenvalue weighted by Gasteiger charge is 2.72. The predicted octanol–water partition coefficient (Wildman–Crippen LogP) is 14.0. The van der Waals surface area contributed by atoms with Gasteiger partial charge in [0.1, 0.15) is 5.76 Å². The van der Waals surface area contributed by atoms with Crippen molar-refractivity contribution in [3.8, 4) is 0 Å². The van der Waals surface area contributed by atoms with E-state index in [2.05, 4.69) is 78.9 Å². The van der Waals surface area contributed by atoms with Crippen molar-refractivity contribution in [2.75, 3.05) is 0 Å². The quantitative estimate of drug-likeness (QED) is 0.231. The Morgan fingerprint density at radius 2 is 1.00 bits per heavy atom. The Labute approximate surface area is 430 Å². The molecule has 10 heteroatoms. The molecule has 390 valence electrons. The number of nitrogens with zero attached hydrogens (tertiary/aromatic N) is 2. The van der Waals surface area contributed by atoms with E-state index in [1.807, 2.05) is 45.9 Å². The van der Waals surface area contributed by atoms with Gasteiger partial charge in [-0.3, -0.25) is 19.2 Å². The molecule has 72 heavy (non-hydrogen) atoms. The summed E-state index contributed by atoms with van der Waals surface area (Å²) < 4.78 is 0. The summed E-state index contributed by atoms with van der Waals surface area (Å²) in [7, 11) is 0. The van der Waals surface area contributed by atoms with E-state index in [1.54, 1.807) is 0 Å². The van der Waals surface area contributed by atoms with Crippen LogP contribution in [0.15, 0.2) is 46.5 Å². The number of allylic oxidation sites excluding steroid dienone is 8. The first-order valence-electron chi connectivity index (χ1n) is 27.5. The number of rotatable bonds is 2. The molecule has 3 N–H and O–H groups in total. The average Bonchev–Trinajstić information content (AvgIpc) is 3.29. The van der Waals surface area contributed by atoms with E-state index in [1.165, 1.54) is 5.57 Å². The third kappa shape index (κ3) is 6.50. The van der Waals surface area contributed by atoms with E-state index in [9.17, 15) is 39.3 Å². The number of fused-ring (bicyclic) bond motifs is 14. The van der Waals surface area contributed by atoms with Gasteiger partial charge in [0.2, 0.25) is 11.4 Å². The Hall–Kier alpha value is -4.31. The first-order valence-corrected chi connectivity index (χ1v) is 27.5. The van der Waals surface area contributed by atoms with Gasteiger partial charge in [0.25, 0.3) is 0 Å². The molecule has 0 unspecified atom stereocenters. The van der Waals surface area contributed by atoms with Crippen LogP contribution in [0.2, 0.25) is 0 Å². The first-order chi connectivity index (χ1) is 33.0. The summed E-state index contributed by atoms with van der Waals surface area (Å²) in [6.45, 7) is 45.5. The van der Waals surface area contributed by atoms with Gasteiger partial charge in [-0.05, 0) is 184 Å². The maximum absolute atomic E-state index is 14.3. The topological polar surface area (TPSA) is 155 Å². The number of aliphatic hydroxyl groups is 1. The molecule has 0 aromatic heterocycles. The van der Waals surface area contributed by atoms with Crippen LogP contribution in [0.3, 0.4) is 0 Å². The largest absolute Gasteiger partial charge is 0.523 e. The van der Waals surface area contributed by atoms with Crippen molar-refractivity contribution in [3.05, 3.63) is 69.4 Å². The van der Waals surface area contributed by atoms with Crippen LogP contribution < -0.4 is 0 Å². The second kappa shape index (κ2) is 15.6. The molecule has 16 atom stereocenters. The molecule has 10 aliphatic rings. The van der Waals surface area contributed by atoms with Crippen molar-refractivity contribution in [2.45, 2.75) is 193 Å². The summed E-state index contributed by atoms with van der Waals surface area (Å²) in [5.41, 5.74) is -1.77. The summed E-state index contributed by atoms with van der Waals surface area (Å²) in [5.74, 6) is -1.14. The standard InChI is InChI=1S/C31H43NO4.C31H41NO4/c2*1-26(2)21-9-10-30(6)22(29(21,5)17-19(32-8)24(26)34)15-20(33)23-18-16-28(4,25(35)36)12-11-27(18,3)13-14-31(23,30)7/h15,18,21,23,34H,9-14,16-17H2,1-7H3,(H,35,36);15,17-18,21,23H,9-14,16H2,1-7H3,(H,35,36)/t2*18-,21-,23-,27+,28-,29-,30+,31+/m00/s1. The van der Waals surface area contributed by atoms with E-state index in [4.69, 9.17) is 13.1 Å². The minimum absolute atomic E-state index is 0.00374.